The quantitative estimate of drug-likeness (QED) is 0.141. The summed E-state index contributed by atoms with van der Waals surface area (Å²) in [5, 5.41) is 15.3. The van der Waals surface area contributed by atoms with Crippen molar-refractivity contribution < 1.29 is 29.0 Å². The van der Waals surface area contributed by atoms with Gasteiger partial charge in [-0.1, -0.05) is 75.8 Å². The summed E-state index contributed by atoms with van der Waals surface area (Å²) in [6.45, 7) is 11.4. The molecule has 4 atom stereocenters. The van der Waals surface area contributed by atoms with Crippen LogP contribution in [0, 0.1) is 11.3 Å². The van der Waals surface area contributed by atoms with Crippen LogP contribution in [0.1, 0.15) is 60.8 Å². The predicted octanol–water partition coefficient (Wildman–Crippen LogP) is 4.41. The van der Waals surface area contributed by atoms with Crippen LogP contribution in [0.3, 0.4) is 0 Å². The molecule has 4 unspecified atom stereocenters. The Bertz CT molecular complexity index is 981. The van der Waals surface area contributed by atoms with Gasteiger partial charge in [0.2, 0.25) is 11.8 Å². The molecule has 2 amide bonds. The molecule has 1 rings (SSSR count). The van der Waals surface area contributed by atoms with Crippen molar-refractivity contribution in [2.75, 3.05) is 7.11 Å². The van der Waals surface area contributed by atoms with E-state index in [4.69, 9.17) is 9.47 Å². The molecule has 0 aromatic carbocycles. The van der Waals surface area contributed by atoms with Gasteiger partial charge in [0.15, 0.2) is 5.76 Å². The first-order valence-electron chi connectivity index (χ1n) is 12.9. The van der Waals surface area contributed by atoms with Crippen molar-refractivity contribution in [2.24, 2.45) is 11.3 Å². The van der Waals surface area contributed by atoms with Crippen molar-refractivity contribution in [3.05, 3.63) is 72.2 Å². The van der Waals surface area contributed by atoms with Crippen molar-refractivity contribution in [1.29, 1.82) is 0 Å². The number of ether oxygens (including phenoxy) is 2. The molecule has 3 N–H and O–H groups in total. The van der Waals surface area contributed by atoms with Gasteiger partial charge in [-0.15, -0.1) is 0 Å². The van der Waals surface area contributed by atoms with E-state index in [0.717, 1.165) is 5.57 Å². The zero-order valence-corrected chi connectivity index (χ0v) is 23.7. The fraction of sp³-hybridized carbons (Fsp3) is 0.500. The highest BCUT2D eigenvalue weighted by atomic mass is 16.6. The molecule has 0 aliphatic carbocycles. The van der Waals surface area contributed by atoms with E-state index < -0.39 is 23.5 Å². The number of rotatable bonds is 13. The lowest BCUT2D eigenvalue weighted by molar-refractivity contribution is -0.151. The Hall–Kier alpha value is -3.39. The lowest BCUT2D eigenvalue weighted by Crippen LogP contribution is -2.52. The number of hydrogen-bond donors (Lipinski definition) is 3. The Morgan fingerprint density at radius 3 is 2.47 bits per heavy atom. The zero-order chi connectivity index (χ0) is 28.7. The normalized spacial score (nSPS) is 19.5. The van der Waals surface area contributed by atoms with E-state index in [-0.39, 0.29) is 29.6 Å². The molecule has 8 nitrogen and oxygen atoms in total. The fourth-order valence-electron chi connectivity index (χ4n) is 3.67. The Morgan fingerprint density at radius 2 is 1.87 bits per heavy atom. The van der Waals surface area contributed by atoms with Crippen LogP contribution in [0.5, 0.6) is 0 Å². The second-order valence-electron chi connectivity index (χ2n) is 10.4. The van der Waals surface area contributed by atoms with Crippen LogP contribution in [-0.4, -0.2) is 48.2 Å². The third-order valence-corrected chi connectivity index (χ3v) is 5.86. The van der Waals surface area contributed by atoms with Crippen molar-refractivity contribution >= 4 is 17.8 Å². The number of aliphatic hydroxyl groups is 1. The molecular weight excluding hydrogens is 484 g/mol. The number of nitrogens with one attached hydrogen (secondary N) is 2. The van der Waals surface area contributed by atoms with Gasteiger partial charge in [-0.3, -0.25) is 9.59 Å². The lowest BCUT2D eigenvalue weighted by atomic mass is 9.86. The Labute approximate surface area is 227 Å². The first kappa shape index (κ1) is 32.6. The third-order valence-electron chi connectivity index (χ3n) is 5.86. The van der Waals surface area contributed by atoms with Gasteiger partial charge in [-0.2, -0.15) is 0 Å². The molecule has 0 aromatic heterocycles. The molecule has 0 saturated carbocycles. The predicted molar refractivity (Wildman–Crippen MR) is 150 cm³/mol. The van der Waals surface area contributed by atoms with Gasteiger partial charge in [0.25, 0.3) is 0 Å². The SMILES string of the molecule is C/C=C\CC(O)C/C=C\NC(=O)C(NC(=O)\C=C/C=C\C(C)=C\C(C)C1CC=C(OC)C(=O)O1)C(C)(C)C. The molecular formula is C30H44N2O6. The van der Waals surface area contributed by atoms with Gasteiger partial charge >= 0.3 is 5.97 Å². The Kier molecular flexibility index (Phi) is 14.1. The highest BCUT2D eigenvalue weighted by Gasteiger charge is 2.32. The molecule has 38 heavy (non-hydrogen) atoms. The molecule has 0 spiro atoms. The van der Waals surface area contributed by atoms with Crippen LogP contribution < -0.4 is 10.6 Å². The first-order chi connectivity index (χ1) is 17.9. The topological polar surface area (TPSA) is 114 Å². The number of methoxy groups -OCH3 is 1. The number of cyclic esters (lactones) is 1. The summed E-state index contributed by atoms with van der Waals surface area (Å²) in [6.07, 6.45) is 18.0. The van der Waals surface area contributed by atoms with E-state index in [9.17, 15) is 19.5 Å². The highest BCUT2D eigenvalue weighted by molar-refractivity contribution is 5.93. The molecule has 0 aromatic rings. The molecule has 0 bridgehead atoms. The molecule has 210 valence electrons. The van der Waals surface area contributed by atoms with Crippen molar-refractivity contribution in [2.45, 2.75) is 79.1 Å². The van der Waals surface area contributed by atoms with E-state index >= 15 is 0 Å². The molecule has 0 saturated heterocycles. The second-order valence-corrected chi connectivity index (χ2v) is 10.4. The fourth-order valence-corrected chi connectivity index (χ4v) is 3.67. The van der Waals surface area contributed by atoms with Gasteiger partial charge in [0, 0.05) is 18.4 Å². The molecule has 1 aliphatic heterocycles. The zero-order valence-electron chi connectivity index (χ0n) is 23.7. The number of carbonyl (C=O) groups excluding carboxylic acids is 3. The van der Waals surface area contributed by atoms with Crippen LogP contribution in [0.15, 0.2) is 72.2 Å². The summed E-state index contributed by atoms with van der Waals surface area (Å²) in [4.78, 5) is 37.1. The van der Waals surface area contributed by atoms with E-state index in [1.807, 2.05) is 65.8 Å². The van der Waals surface area contributed by atoms with Gasteiger partial charge in [-0.05, 0) is 44.4 Å². The maximum atomic E-state index is 12.7. The van der Waals surface area contributed by atoms with Crippen LogP contribution in [-0.2, 0) is 23.9 Å². The van der Waals surface area contributed by atoms with Crippen LogP contribution in [0.4, 0.5) is 0 Å². The standard InChI is InChI=1S/C30H44N2O6/c1-8-9-14-23(33)15-12-19-31-28(35)27(30(4,5)6)32-26(34)16-11-10-13-21(2)20-22(3)24-17-18-25(37-7)29(36)38-24/h8-13,16,18-20,22-24,27,33H,14-15,17H2,1-7H3,(H,31,35)(H,32,34)/b9-8-,13-10-,16-11-,19-12-,21-20+. The number of hydrogen-bond acceptors (Lipinski definition) is 6. The maximum absolute atomic E-state index is 12.7. The molecule has 8 heteroatoms. The van der Waals surface area contributed by atoms with E-state index in [1.165, 1.54) is 19.4 Å². The minimum atomic E-state index is -0.755. The number of esters is 1. The van der Waals surface area contributed by atoms with E-state index in [0.29, 0.717) is 19.3 Å². The van der Waals surface area contributed by atoms with Gasteiger partial charge in [-0.25, -0.2) is 4.79 Å². The summed E-state index contributed by atoms with van der Waals surface area (Å²) >= 11 is 0. The van der Waals surface area contributed by atoms with Gasteiger partial charge < -0.3 is 25.2 Å². The van der Waals surface area contributed by atoms with Crippen LogP contribution >= 0.6 is 0 Å². The highest BCUT2D eigenvalue weighted by Crippen LogP contribution is 2.23. The Balaban J connectivity index is 2.64. The average Bonchev–Trinajstić information content (AvgIpc) is 2.85. The largest absolute Gasteiger partial charge is 0.490 e. The number of allylic oxidation sites excluding steroid dienone is 5. The van der Waals surface area contributed by atoms with Gasteiger partial charge in [0.05, 0.1) is 13.2 Å². The van der Waals surface area contributed by atoms with E-state index in [1.54, 1.807) is 24.3 Å². The van der Waals surface area contributed by atoms with Crippen LogP contribution in [0.25, 0.3) is 0 Å². The smallest absolute Gasteiger partial charge is 0.373 e. The van der Waals surface area contributed by atoms with Crippen molar-refractivity contribution in [1.82, 2.24) is 10.6 Å². The van der Waals surface area contributed by atoms with Crippen molar-refractivity contribution in [3.8, 4) is 0 Å². The lowest BCUT2D eigenvalue weighted by Gasteiger charge is -2.29. The minimum Gasteiger partial charge on any atom is -0.490 e. The molecule has 0 radical (unpaired) electrons. The summed E-state index contributed by atoms with van der Waals surface area (Å²) in [5.74, 6) is -0.945. The summed E-state index contributed by atoms with van der Waals surface area (Å²) in [5.41, 5.74) is 0.439. The van der Waals surface area contributed by atoms with E-state index in [2.05, 4.69) is 10.6 Å². The molecule has 1 heterocycles. The summed E-state index contributed by atoms with van der Waals surface area (Å²) < 4.78 is 10.4. The maximum Gasteiger partial charge on any atom is 0.373 e. The van der Waals surface area contributed by atoms with Crippen molar-refractivity contribution in [3.63, 3.8) is 0 Å². The molecule has 1 aliphatic rings. The summed E-state index contributed by atoms with van der Waals surface area (Å²) in [6, 6.07) is -0.755. The Morgan fingerprint density at radius 1 is 1.21 bits per heavy atom. The number of amides is 2. The number of carbonyl (C=O) groups is 3. The first-order valence-corrected chi connectivity index (χ1v) is 12.9. The number of aliphatic hydroxyl groups excluding tert-OH is 1. The second kappa shape index (κ2) is 16.5. The monoisotopic (exact) mass is 528 g/mol. The third kappa shape index (κ3) is 12.2. The van der Waals surface area contributed by atoms with Crippen LogP contribution in [0.2, 0.25) is 0 Å². The molecule has 0 fully saturated rings. The minimum absolute atomic E-state index is 0.00193. The average molecular weight is 529 g/mol. The van der Waals surface area contributed by atoms with Gasteiger partial charge in [0.1, 0.15) is 12.1 Å². The summed E-state index contributed by atoms with van der Waals surface area (Å²) in [7, 11) is 1.44.